The summed E-state index contributed by atoms with van der Waals surface area (Å²) in [6, 6.07) is 0. The van der Waals surface area contributed by atoms with Gasteiger partial charge < -0.3 is 0 Å². The third kappa shape index (κ3) is 3.03. The summed E-state index contributed by atoms with van der Waals surface area (Å²) >= 11 is 1.88. The highest BCUT2D eigenvalue weighted by Crippen LogP contribution is 2.33. The average molecular weight is 195 g/mol. The van der Waals surface area contributed by atoms with Crippen LogP contribution in [0, 0.1) is 13.8 Å². The predicted octanol–water partition coefficient (Wildman–Crippen LogP) is 3.59. The number of hydrogen-bond acceptors (Lipinski definition) is 2. The monoisotopic (exact) mass is 195 g/mol. The van der Waals surface area contributed by atoms with Crippen LogP contribution in [0.5, 0.6) is 0 Å². The molecule has 0 unspecified atom stereocenters. The Balaban J connectivity index is 2.96. The first-order chi connectivity index (χ1) is 5.90. The fourth-order valence-electron chi connectivity index (χ4n) is 1.04. The van der Waals surface area contributed by atoms with Gasteiger partial charge in [-0.05, 0) is 25.0 Å². The molecule has 1 aromatic heterocycles. The maximum absolute atomic E-state index is 4.21. The van der Waals surface area contributed by atoms with Crippen LogP contribution in [0.25, 0.3) is 0 Å². The van der Waals surface area contributed by atoms with Crippen LogP contribution < -0.4 is 0 Å². The summed E-state index contributed by atoms with van der Waals surface area (Å²) in [6.07, 6.45) is 3.88. The van der Waals surface area contributed by atoms with Gasteiger partial charge in [0.1, 0.15) is 0 Å². The minimum absolute atomic E-state index is 0.264. The van der Waals surface area contributed by atoms with Crippen LogP contribution in [-0.4, -0.2) is 9.73 Å². The summed E-state index contributed by atoms with van der Waals surface area (Å²) < 4.78 is 0.264. The number of nitrogens with zero attached hydrogens (tertiary/aromatic N) is 1. The summed E-state index contributed by atoms with van der Waals surface area (Å²) in [7, 11) is 0. The number of rotatable bonds is 1. The van der Waals surface area contributed by atoms with Gasteiger partial charge in [0.15, 0.2) is 0 Å². The van der Waals surface area contributed by atoms with Crippen molar-refractivity contribution in [3.63, 3.8) is 0 Å². The van der Waals surface area contributed by atoms with E-state index in [9.17, 15) is 0 Å². The molecule has 0 amide bonds. The van der Waals surface area contributed by atoms with E-state index in [1.807, 2.05) is 24.2 Å². The number of aryl methyl sites for hydroxylation is 1. The van der Waals surface area contributed by atoms with Crippen molar-refractivity contribution in [2.24, 2.45) is 0 Å². The molecule has 1 heterocycles. The molecule has 1 rings (SSSR count). The largest absolute Gasteiger partial charge is 0.263 e. The molecule has 0 aliphatic heterocycles. The van der Waals surface area contributed by atoms with E-state index in [-0.39, 0.29) is 4.75 Å². The van der Waals surface area contributed by atoms with Crippen molar-refractivity contribution in [3.8, 4) is 0 Å². The van der Waals surface area contributed by atoms with E-state index in [1.165, 1.54) is 16.0 Å². The van der Waals surface area contributed by atoms with Crippen molar-refractivity contribution < 1.29 is 0 Å². The molecule has 0 N–H and O–H groups in total. The lowest BCUT2D eigenvalue weighted by atomic mass is 10.2. The van der Waals surface area contributed by atoms with E-state index in [0.29, 0.717) is 0 Å². The summed E-state index contributed by atoms with van der Waals surface area (Å²) in [4.78, 5) is 5.51. The summed E-state index contributed by atoms with van der Waals surface area (Å²) in [6.45, 7) is 10.9. The molecule has 0 bridgehead atoms. The molecule has 0 saturated heterocycles. The SMILES string of the molecule is Cc1cncc(SC(C)(C)C)c1C. The molecule has 0 saturated carbocycles. The van der Waals surface area contributed by atoms with E-state index in [1.54, 1.807) is 0 Å². The minimum Gasteiger partial charge on any atom is -0.263 e. The third-order valence-electron chi connectivity index (χ3n) is 1.84. The zero-order valence-electron chi connectivity index (χ0n) is 9.01. The molecular formula is C11H17NS. The second kappa shape index (κ2) is 3.70. The number of pyridine rings is 1. The molecule has 1 aromatic rings. The number of hydrogen-bond donors (Lipinski definition) is 0. The Morgan fingerprint density at radius 2 is 1.77 bits per heavy atom. The number of aromatic nitrogens is 1. The first-order valence-electron chi connectivity index (χ1n) is 4.50. The lowest BCUT2D eigenvalue weighted by Gasteiger charge is -2.19. The summed E-state index contributed by atoms with van der Waals surface area (Å²) in [5.74, 6) is 0. The van der Waals surface area contributed by atoms with Gasteiger partial charge in [0.25, 0.3) is 0 Å². The van der Waals surface area contributed by atoms with E-state index < -0.39 is 0 Å². The van der Waals surface area contributed by atoms with E-state index >= 15 is 0 Å². The van der Waals surface area contributed by atoms with Crippen LogP contribution in [0.2, 0.25) is 0 Å². The highest BCUT2D eigenvalue weighted by atomic mass is 32.2. The van der Waals surface area contributed by atoms with Gasteiger partial charge in [0.2, 0.25) is 0 Å². The van der Waals surface area contributed by atoms with Gasteiger partial charge in [0.05, 0.1) is 0 Å². The smallest absolute Gasteiger partial charge is 0.0407 e. The maximum Gasteiger partial charge on any atom is 0.0407 e. The lowest BCUT2D eigenvalue weighted by molar-refractivity contribution is 0.801. The second-order valence-corrected chi connectivity index (χ2v) is 6.16. The van der Waals surface area contributed by atoms with Crippen LogP contribution in [0.4, 0.5) is 0 Å². The van der Waals surface area contributed by atoms with E-state index in [2.05, 4.69) is 39.6 Å². The fraction of sp³-hybridized carbons (Fsp3) is 0.545. The molecule has 2 heteroatoms. The first-order valence-corrected chi connectivity index (χ1v) is 5.32. The van der Waals surface area contributed by atoms with Crippen molar-refractivity contribution >= 4 is 11.8 Å². The van der Waals surface area contributed by atoms with E-state index in [0.717, 1.165) is 0 Å². The Hall–Kier alpha value is -0.500. The zero-order chi connectivity index (χ0) is 10.1. The van der Waals surface area contributed by atoms with Crippen LogP contribution >= 0.6 is 11.8 Å². The van der Waals surface area contributed by atoms with Crippen molar-refractivity contribution in [2.45, 2.75) is 44.3 Å². The van der Waals surface area contributed by atoms with Gasteiger partial charge in [-0.25, -0.2) is 0 Å². The quantitative estimate of drug-likeness (QED) is 0.635. The lowest BCUT2D eigenvalue weighted by Crippen LogP contribution is -2.07. The van der Waals surface area contributed by atoms with Crippen molar-refractivity contribution in [1.29, 1.82) is 0 Å². The molecule has 0 aliphatic rings. The Morgan fingerprint density at radius 3 is 2.31 bits per heavy atom. The van der Waals surface area contributed by atoms with Crippen molar-refractivity contribution in [1.82, 2.24) is 4.98 Å². The standard InChI is InChI=1S/C11H17NS/c1-8-6-12-7-10(9(8)2)13-11(3,4)5/h6-7H,1-5H3. The minimum atomic E-state index is 0.264. The van der Waals surface area contributed by atoms with Crippen LogP contribution in [0.3, 0.4) is 0 Å². The molecule has 1 nitrogen and oxygen atoms in total. The zero-order valence-corrected chi connectivity index (χ0v) is 9.83. The molecule has 0 radical (unpaired) electrons. The van der Waals surface area contributed by atoms with Gasteiger partial charge in [-0.1, -0.05) is 20.8 Å². The summed E-state index contributed by atoms with van der Waals surface area (Å²) in [5.41, 5.74) is 2.63. The Kier molecular flexibility index (Phi) is 3.01. The van der Waals surface area contributed by atoms with Crippen LogP contribution in [0.1, 0.15) is 31.9 Å². The Bertz CT molecular complexity index is 299. The fourth-order valence-corrected chi connectivity index (χ4v) is 2.12. The average Bonchev–Trinajstić information content (AvgIpc) is 1.96. The van der Waals surface area contributed by atoms with Gasteiger partial charge in [-0.15, -0.1) is 11.8 Å². The second-order valence-electron chi connectivity index (χ2n) is 4.29. The topological polar surface area (TPSA) is 12.9 Å². The van der Waals surface area contributed by atoms with Crippen LogP contribution in [0.15, 0.2) is 17.3 Å². The Labute approximate surface area is 85.0 Å². The molecular weight excluding hydrogens is 178 g/mol. The molecule has 72 valence electrons. The normalized spacial score (nSPS) is 11.8. The van der Waals surface area contributed by atoms with Gasteiger partial charge >= 0.3 is 0 Å². The molecule has 0 aliphatic carbocycles. The maximum atomic E-state index is 4.21. The molecule has 13 heavy (non-hydrogen) atoms. The molecule has 0 fully saturated rings. The van der Waals surface area contributed by atoms with Gasteiger partial charge in [-0.2, -0.15) is 0 Å². The van der Waals surface area contributed by atoms with Crippen molar-refractivity contribution in [2.75, 3.05) is 0 Å². The molecule has 0 atom stereocenters. The van der Waals surface area contributed by atoms with Crippen LogP contribution in [-0.2, 0) is 0 Å². The molecule has 0 spiro atoms. The highest BCUT2D eigenvalue weighted by molar-refractivity contribution is 8.00. The van der Waals surface area contributed by atoms with Gasteiger partial charge in [-0.3, -0.25) is 4.98 Å². The van der Waals surface area contributed by atoms with Gasteiger partial charge in [0, 0.05) is 22.0 Å². The van der Waals surface area contributed by atoms with E-state index in [4.69, 9.17) is 0 Å². The summed E-state index contributed by atoms with van der Waals surface area (Å²) in [5, 5.41) is 0. The molecule has 0 aromatic carbocycles. The predicted molar refractivity (Wildman–Crippen MR) is 59.3 cm³/mol. The Morgan fingerprint density at radius 1 is 1.15 bits per heavy atom. The van der Waals surface area contributed by atoms with Crippen molar-refractivity contribution in [3.05, 3.63) is 23.5 Å². The number of thioether (sulfide) groups is 1. The third-order valence-corrected chi connectivity index (χ3v) is 3.08. The highest BCUT2D eigenvalue weighted by Gasteiger charge is 2.14. The first kappa shape index (κ1) is 10.6.